The summed E-state index contributed by atoms with van der Waals surface area (Å²) in [6, 6.07) is 14.6. The van der Waals surface area contributed by atoms with Gasteiger partial charge in [0.05, 0.1) is 30.1 Å². The molecule has 1 amide bonds. The lowest BCUT2D eigenvalue weighted by Gasteiger charge is -2.21. The van der Waals surface area contributed by atoms with Gasteiger partial charge in [-0.1, -0.05) is 36.4 Å². The Kier molecular flexibility index (Phi) is 7.47. The standard InChI is InChI=1S/C18H21N3O6S/c1-28(25,26)20(16-8-5-9-17(12-16)21(23)24)13-18(22)19-10-11-27-14-15-6-3-2-4-7-15/h2-9,12H,10-11,13-14H2,1H3,(H,19,22). The van der Waals surface area contributed by atoms with Gasteiger partial charge in [-0.15, -0.1) is 0 Å². The number of sulfonamides is 1. The van der Waals surface area contributed by atoms with Crippen LogP contribution in [0.3, 0.4) is 0 Å². The number of amides is 1. The lowest BCUT2D eigenvalue weighted by molar-refractivity contribution is -0.384. The summed E-state index contributed by atoms with van der Waals surface area (Å²) in [5, 5.41) is 13.5. The van der Waals surface area contributed by atoms with Gasteiger partial charge in [0.25, 0.3) is 5.69 Å². The van der Waals surface area contributed by atoms with Gasteiger partial charge in [-0.05, 0) is 11.6 Å². The van der Waals surface area contributed by atoms with E-state index in [0.717, 1.165) is 22.2 Å². The Morgan fingerprint density at radius 2 is 1.89 bits per heavy atom. The number of carbonyl (C=O) groups is 1. The first-order valence-electron chi connectivity index (χ1n) is 8.38. The third-order valence-electron chi connectivity index (χ3n) is 3.70. The third kappa shape index (κ3) is 6.63. The number of anilines is 1. The van der Waals surface area contributed by atoms with Crippen LogP contribution in [0.15, 0.2) is 54.6 Å². The van der Waals surface area contributed by atoms with Crippen LogP contribution in [0.2, 0.25) is 0 Å². The minimum atomic E-state index is -3.81. The van der Waals surface area contributed by atoms with Crippen molar-refractivity contribution in [3.8, 4) is 0 Å². The normalized spacial score (nSPS) is 11.0. The van der Waals surface area contributed by atoms with E-state index in [4.69, 9.17) is 4.74 Å². The molecule has 0 aliphatic rings. The third-order valence-corrected chi connectivity index (χ3v) is 4.84. The van der Waals surface area contributed by atoms with Crippen LogP contribution in [0.5, 0.6) is 0 Å². The molecule has 150 valence electrons. The molecule has 0 unspecified atom stereocenters. The van der Waals surface area contributed by atoms with Gasteiger partial charge in [0.2, 0.25) is 15.9 Å². The van der Waals surface area contributed by atoms with E-state index in [1.54, 1.807) is 0 Å². The summed E-state index contributed by atoms with van der Waals surface area (Å²) < 4.78 is 30.3. The maximum absolute atomic E-state index is 12.1. The summed E-state index contributed by atoms with van der Waals surface area (Å²) in [6.45, 7) is 0.382. The van der Waals surface area contributed by atoms with Crippen molar-refractivity contribution in [2.24, 2.45) is 0 Å². The molecule has 0 radical (unpaired) electrons. The zero-order valence-corrected chi connectivity index (χ0v) is 16.1. The zero-order valence-electron chi connectivity index (χ0n) is 15.3. The molecule has 0 spiro atoms. The Morgan fingerprint density at radius 1 is 1.18 bits per heavy atom. The fourth-order valence-electron chi connectivity index (χ4n) is 2.37. The fourth-order valence-corrected chi connectivity index (χ4v) is 3.22. The van der Waals surface area contributed by atoms with Gasteiger partial charge in [-0.25, -0.2) is 8.42 Å². The van der Waals surface area contributed by atoms with Gasteiger partial charge in [0.1, 0.15) is 6.54 Å². The molecule has 2 aromatic carbocycles. The summed E-state index contributed by atoms with van der Waals surface area (Å²) in [7, 11) is -3.81. The van der Waals surface area contributed by atoms with Crippen molar-refractivity contribution >= 4 is 27.3 Å². The number of rotatable bonds is 10. The van der Waals surface area contributed by atoms with Crippen molar-refractivity contribution in [2.75, 3.05) is 30.3 Å². The maximum Gasteiger partial charge on any atom is 0.271 e. The second-order valence-electron chi connectivity index (χ2n) is 5.93. The van der Waals surface area contributed by atoms with Crippen LogP contribution >= 0.6 is 0 Å². The summed E-state index contributed by atoms with van der Waals surface area (Å²) in [5.74, 6) is -0.541. The highest BCUT2D eigenvalue weighted by Gasteiger charge is 2.22. The second-order valence-corrected chi connectivity index (χ2v) is 7.84. The van der Waals surface area contributed by atoms with E-state index in [9.17, 15) is 23.3 Å². The Morgan fingerprint density at radius 3 is 2.54 bits per heavy atom. The van der Waals surface area contributed by atoms with Crippen molar-refractivity contribution in [3.05, 3.63) is 70.3 Å². The second kappa shape index (κ2) is 9.81. The molecule has 10 heteroatoms. The van der Waals surface area contributed by atoms with Crippen LogP contribution in [0.25, 0.3) is 0 Å². The average Bonchev–Trinajstić information content (AvgIpc) is 2.66. The van der Waals surface area contributed by atoms with Crippen molar-refractivity contribution in [1.82, 2.24) is 5.32 Å². The quantitative estimate of drug-likeness (QED) is 0.364. The van der Waals surface area contributed by atoms with Crippen LogP contribution in [0.1, 0.15) is 5.56 Å². The van der Waals surface area contributed by atoms with Crippen molar-refractivity contribution in [1.29, 1.82) is 0 Å². The van der Waals surface area contributed by atoms with Gasteiger partial charge in [-0.3, -0.25) is 19.2 Å². The molecular formula is C18H21N3O6S. The number of carbonyl (C=O) groups excluding carboxylic acids is 1. The average molecular weight is 407 g/mol. The van der Waals surface area contributed by atoms with Gasteiger partial charge >= 0.3 is 0 Å². The first-order valence-corrected chi connectivity index (χ1v) is 10.2. The Hall–Kier alpha value is -2.98. The molecule has 2 rings (SSSR count). The number of nitrogens with zero attached hydrogens (tertiary/aromatic N) is 2. The largest absolute Gasteiger partial charge is 0.375 e. The summed E-state index contributed by atoms with van der Waals surface area (Å²) in [4.78, 5) is 22.4. The number of benzene rings is 2. The van der Waals surface area contributed by atoms with Gasteiger partial charge in [-0.2, -0.15) is 0 Å². The van der Waals surface area contributed by atoms with Crippen molar-refractivity contribution in [2.45, 2.75) is 6.61 Å². The Bertz CT molecular complexity index is 918. The van der Waals surface area contributed by atoms with E-state index in [0.29, 0.717) is 6.61 Å². The first-order chi connectivity index (χ1) is 13.3. The summed E-state index contributed by atoms with van der Waals surface area (Å²) >= 11 is 0. The number of nitrogens with one attached hydrogen (secondary N) is 1. The van der Waals surface area contributed by atoms with E-state index in [2.05, 4.69) is 5.32 Å². The summed E-state index contributed by atoms with van der Waals surface area (Å²) in [6.07, 6.45) is 0.933. The number of hydrogen-bond donors (Lipinski definition) is 1. The van der Waals surface area contributed by atoms with E-state index in [-0.39, 0.29) is 24.5 Å². The highest BCUT2D eigenvalue weighted by Crippen LogP contribution is 2.22. The molecule has 2 aromatic rings. The molecule has 0 aliphatic carbocycles. The topological polar surface area (TPSA) is 119 Å². The molecule has 0 aliphatic heterocycles. The number of non-ortho nitro benzene ring substituents is 1. The van der Waals surface area contributed by atoms with Gasteiger partial charge in [0, 0.05) is 18.7 Å². The molecule has 1 N–H and O–H groups in total. The number of nitro groups is 1. The van der Waals surface area contributed by atoms with Crippen LogP contribution in [0, 0.1) is 10.1 Å². The van der Waals surface area contributed by atoms with E-state index in [1.165, 1.54) is 18.2 Å². The zero-order chi connectivity index (χ0) is 20.6. The van der Waals surface area contributed by atoms with Crippen LogP contribution < -0.4 is 9.62 Å². The van der Waals surface area contributed by atoms with Gasteiger partial charge in [0.15, 0.2) is 0 Å². The van der Waals surface area contributed by atoms with Crippen LogP contribution in [0.4, 0.5) is 11.4 Å². The minimum Gasteiger partial charge on any atom is -0.375 e. The predicted molar refractivity (Wildman–Crippen MR) is 104 cm³/mol. The maximum atomic E-state index is 12.1. The monoisotopic (exact) mass is 407 g/mol. The fraction of sp³-hybridized carbons (Fsp3) is 0.278. The molecule has 0 heterocycles. The number of hydrogen-bond acceptors (Lipinski definition) is 6. The van der Waals surface area contributed by atoms with Gasteiger partial charge < -0.3 is 10.1 Å². The molecule has 0 saturated carbocycles. The van der Waals surface area contributed by atoms with E-state index >= 15 is 0 Å². The van der Waals surface area contributed by atoms with Crippen molar-refractivity contribution in [3.63, 3.8) is 0 Å². The highest BCUT2D eigenvalue weighted by molar-refractivity contribution is 7.92. The smallest absolute Gasteiger partial charge is 0.271 e. The lowest BCUT2D eigenvalue weighted by atomic mass is 10.2. The molecule has 0 aromatic heterocycles. The molecule has 9 nitrogen and oxygen atoms in total. The Balaban J connectivity index is 1.89. The predicted octanol–water partition coefficient (Wildman–Crippen LogP) is 1.69. The van der Waals surface area contributed by atoms with E-state index < -0.39 is 27.4 Å². The Labute approximate surface area is 163 Å². The molecule has 0 bridgehead atoms. The highest BCUT2D eigenvalue weighted by atomic mass is 32.2. The molecule has 28 heavy (non-hydrogen) atoms. The van der Waals surface area contributed by atoms with Crippen LogP contribution in [-0.4, -0.2) is 45.2 Å². The minimum absolute atomic E-state index is 0.0483. The first kappa shape index (κ1) is 21.3. The molecular weight excluding hydrogens is 386 g/mol. The number of ether oxygens (including phenoxy) is 1. The molecule has 0 atom stereocenters. The van der Waals surface area contributed by atoms with Crippen molar-refractivity contribution < 1.29 is 22.9 Å². The molecule has 0 fully saturated rings. The van der Waals surface area contributed by atoms with Crippen LogP contribution in [-0.2, 0) is 26.2 Å². The SMILES string of the molecule is CS(=O)(=O)N(CC(=O)NCCOCc1ccccc1)c1cccc([N+](=O)[O-])c1. The molecule has 0 saturated heterocycles. The summed E-state index contributed by atoms with van der Waals surface area (Å²) in [5.41, 5.74) is 0.788. The van der Waals surface area contributed by atoms with E-state index in [1.807, 2.05) is 30.3 Å². The number of nitro benzene ring substituents is 1. The lowest BCUT2D eigenvalue weighted by Crippen LogP contribution is -2.41.